The summed E-state index contributed by atoms with van der Waals surface area (Å²) in [5.41, 5.74) is 0.907. The molecular formula is C19H29NO3. The lowest BCUT2D eigenvalue weighted by molar-refractivity contribution is -0.130. The number of nitrogens with zero attached hydrogens (tertiary/aromatic N) is 1. The Morgan fingerprint density at radius 2 is 1.65 bits per heavy atom. The summed E-state index contributed by atoms with van der Waals surface area (Å²) in [6.45, 7) is 8.39. The SMILES string of the molecule is CCC(C)N(C(=O)/C=C/c1ccc(OC)c(OC)c1)C(C)CC. The highest BCUT2D eigenvalue weighted by molar-refractivity contribution is 5.92. The number of rotatable bonds is 8. The van der Waals surface area contributed by atoms with Gasteiger partial charge in [-0.2, -0.15) is 0 Å². The maximum absolute atomic E-state index is 12.6. The molecule has 4 heteroatoms. The normalized spacial score (nSPS) is 13.7. The zero-order chi connectivity index (χ0) is 17.4. The van der Waals surface area contributed by atoms with Crippen LogP contribution in [0.15, 0.2) is 24.3 Å². The van der Waals surface area contributed by atoms with Gasteiger partial charge in [-0.15, -0.1) is 0 Å². The molecule has 0 heterocycles. The van der Waals surface area contributed by atoms with Crippen molar-refractivity contribution >= 4 is 12.0 Å². The zero-order valence-electron chi connectivity index (χ0n) is 15.1. The van der Waals surface area contributed by atoms with Gasteiger partial charge in [-0.25, -0.2) is 0 Å². The first kappa shape index (κ1) is 19.1. The van der Waals surface area contributed by atoms with Crippen LogP contribution in [-0.4, -0.2) is 37.1 Å². The average Bonchev–Trinajstić information content (AvgIpc) is 2.59. The monoisotopic (exact) mass is 319 g/mol. The first-order valence-corrected chi connectivity index (χ1v) is 8.20. The average molecular weight is 319 g/mol. The Morgan fingerprint density at radius 1 is 1.09 bits per heavy atom. The van der Waals surface area contributed by atoms with Crippen molar-refractivity contribution in [2.24, 2.45) is 0 Å². The third kappa shape index (κ3) is 5.02. The second-order valence-corrected chi connectivity index (χ2v) is 5.71. The predicted molar refractivity (Wildman–Crippen MR) is 94.9 cm³/mol. The van der Waals surface area contributed by atoms with E-state index in [9.17, 15) is 4.79 Å². The minimum absolute atomic E-state index is 0.0449. The van der Waals surface area contributed by atoms with Crippen LogP contribution in [0.1, 0.15) is 46.1 Å². The molecule has 2 atom stereocenters. The smallest absolute Gasteiger partial charge is 0.247 e. The molecule has 1 rings (SSSR count). The lowest BCUT2D eigenvalue weighted by Gasteiger charge is -2.33. The second-order valence-electron chi connectivity index (χ2n) is 5.71. The van der Waals surface area contributed by atoms with E-state index in [1.54, 1.807) is 20.3 Å². The number of benzene rings is 1. The van der Waals surface area contributed by atoms with Gasteiger partial charge in [0.25, 0.3) is 0 Å². The zero-order valence-corrected chi connectivity index (χ0v) is 15.1. The summed E-state index contributed by atoms with van der Waals surface area (Å²) in [5, 5.41) is 0. The summed E-state index contributed by atoms with van der Waals surface area (Å²) < 4.78 is 10.5. The van der Waals surface area contributed by atoms with Gasteiger partial charge in [0.1, 0.15) is 0 Å². The van der Waals surface area contributed by atoms with Gasteiger partial charge >= 0.3 is 0 Å². The molecule has 1 aromatic rings. The van der Waals surface area contributed by atoms with Crippen molar-refractivity contribution in [3.63, 3.8) is 0 Å². The quantitative estimate of drug-likeness (QED) is 0.676. The van der Waals surface area contributed by atoms with Crippen LogP contribution in [0.2, 0.25) is 0 Å². The van der Waals surface area contributed by atoms with Crippen molar-refractivity contribution in [2.45, 2.75) is 52.6 Å². The van der Waals surface area contributed by atoms with Crippen LogP contribution in [-0.2, 0) is 4.79 Å². The predicted octanol–water partition coefficient (Wildman–Crippen LogP) is 4.14. The third-order valence-corrected chi connectivity index (χ3v) is 4.21. The van der Waals surface area contributed by atoms with Crippen molar-refractivity contribution in [3.05, 3.63) is 29.8 Å². The van der Waals surface area contributed by atoms with Crippen molar-refractivity contribution in [3.8, 4) is 11.5 Å². The van der Waals surface area contributed by atoms with Crippen molar-refractivity contribution in [1.29, 1.82) is 0 Å². The van der Waals surface area contributed by atoms with E-state index in [4.69, 9.17) is 9.47 Å². The van der Waals surface area contributed by atoms with Gasteiger partial charge in [-0.05, 0) is 50.5 Å². The molecule has 0 bridgehead atoms. The molecule has 1 amide bonds. The highest BCUT2D eigenvalue weighted by Gasteiger charge is 2.21. The molecule has 0 aliphatic carbocycles. The molecule has 0 radical (unpaired) electrons. The summed E-state index contributed by atoms with van der Waals surface area (Å²) in [4.78, 5) is 14.5. The number of ether oxygens (including phenoxy) is 2. The van der Waals surface area contributed by atoms with Crippen LogP contribution in [0, 0.1) is 0 Å². The molecule has 2 unspecified atom stereocenters. The van der Waals surface area contributed by atoms with Crippen LogP contribution in [0.4, 0.5) is 0 Å². The van der Waals surface area contributed by atoms with E-state index in [0.29, 0.717) is 11.5 Å². The molecule has 0 N–H and O–H groups in total. The van der Waals surface area contributed by atoms with Gasteiger partial charge in [0.05, 0.1) is 14.2 Å². The van der Waals surface area contributed by atoms with Crippen LogP contribution in [0.25, 0.3) is 6.08 Å². The van der Waals surface area contributed by atoms with E-state index < -0.39 is 0 Å². The van der Waals surface area contributed by atoms with Crippen LogP contribution in [0.3, 0.4) is 0 Å². The number of hydrogen-bond acceptors (Lipinski definition) is 3. The van der Waals surface area contributed by atoms with Gasteiger partial charge in [0.15, 0.2) is 11.5 Å². The van der Waals surface area contributed by atoms with Gasteiger partial charge in [0.2, 0.25) is 5.91 Å². The Morgan fingerprint density at radius 3 is 2.13 bits per heavy atom. The molecular weight excluding hydrogens is 290 g/mol. The van der Waals surface area contributed by atoms with E-state index in [0.717, 1.165) is 18.4 Å². The molecule has 1 aromatic carbocycles. The Labute approximate surface area is 140 Å². The minimum Gasteiger partial charge on any atom is -0.493 e. The number of amides is 1. The van der Waals surface area contributed by atoms with E-state index in [2.05, 4.69) is 27.7 Å². The topological polar surface area (TPSA) is 38.8 Å². The Kier molecular flexibility index (Phi) is 7.66. The van der Waals surface area contributed by atoms with Gasteiger partial charge in [0, 0.05) is 18.2 Å². The number of hydrogen-bond donors (Lipinski definition) is 0. The molecule has 23 heavy (non-hydrogen) atoms. The van der Waals surface area contributed by atoms with Crippen molar-refractivity contribution in [2.75, 3.05) is 14.2 Å². The fraction of sp³-hybridized carbons (Fsp3) is 0.526. The molecule has 128 valence electrons. The molecule has 0 aliphatic heterocycles. The fourth-order valence-corrected chi connectivity index (χ4v) is 2.47. The van der Waals surface area contributed by atoms with Crippen LogP contribution < -0.4 is 9.47 Å². The van der Waals surface area contributed by atoms with Crippen molar-refractivity contribution in [1.82, 2.24) is 4.90 Å². The highest BCUT2D eigenvalue weighted by Crippen LogP contribution is 2.28. The molecule has 0 spiro atoms. The Bertz CT molecular complexity index is 529. The minimum atomic E-state index is 0.0449. The molecule has 0 saturated carbocycles. The first-order valence-electron chi connectivity index (χ1n) is 8.20. The highest BCUT2D eigenvalue weighted by atomic mass is 16.5. The summed E-state index contributed by atoms with van der Waals surface area (Å²) in [5.74, 6) is 1.38. The second kappa shape index (κ2) is 9.23. The molecule has 0 saturated heterocycles. The van der Waals surface area contributed by atoms with Crippen LogP contribution in [0.5, 0.6) is 11.5 Å². The van der Waals surface area contributed by atoms with E-state index in [-0.39, 0.29) is 18.0 Å². The molecule has 0 fully saturated rings. The maximum Gasteiger partial charge on any atom is 0.247 e. The lowest BCUT2D eigenvalue weighted by atomic mass is 10.1. The lowest BCUT2D eigenvalue weighted by Crippen LogP contribution is -2.43. The van der Waals surface area contributed by atoms with E-state index >= 15 is 0 Å². The fourth-order valence-electron chi connectivity index (χ4n) is 2.47. The number of carbonyl (C=O) groups is 1. The van der Waals surface area contributed by atoms with Gasteiger partial charge in [-0.1, -0.05) is 19.9 Å². The van der Waals surface area contributed by atoms with E-state index in [1.165, 1.54) is 0 Å². The maximum atomic E-state index is 12.6. The number of methoxy groups -OCH3 is 2. The molecule has 0 aliphatic rings. The Hall–Kier alpha value is -1.97. The molecule has 0 aromatic heterocycles. The molecule has 4 nitrogen and oxygen atoms in total. The van der Waals surface area contributed by atoms with Gasteiger partial charge < -0.3 is 14.4 Å². The standard InChI is InChI=1S/C19H29NO3/c1-7-14(3)20(15(4)8-2)19(21)12-10-16-9-11-17(22-5)18(13-16)23-6/h9-15H,7-8H2,1-6H3/b12-10+. The summed E-state index contributed by atoms with van der Waals surface area (Å²) in [7, 11) is 3.21. The Balaban J connectivity index is 2.95. The largest absolute Gasteiger partial charge is 0.493 e. The summed E-state index contributed by atoms with van der Waals surface area (Å²) >= 11 is 0. The van der Waals surface area contributed by atoms with Crippen molar-refractivity contribution < 1.29 is 14.3 Å². The number of carbonyl (C=O) groups excluding carboxylic acids is 1. The van der Waals surface area contributed by atoms with Gasteiger partial charge in [-0.3, -0.25) is 4.79 Å². The van der Waals surface area contributed by atoms with Crippen LogP contribution >= 0.6 is 0 Å². The first-order chi connectivity index (χ1) is 11.0. The summed E-state index contributed by atoms with van der Waals surface area (Å²) in [6, 6.07) is 6.06. The van der Waals surface area contributed by atoms with E-state index in [1.807, 2.05) is 29.2 Å². The third-order valence-electron chi connectivity index (χ3n) is 4.21. The summed E-state index contributed by atoms with van der Waals surface area (Å²) in [6.07, 6.45) is 5.35.